The summed E-state index contributed by atoms with van der Waals surface area (Å²) in [5, 5.41) is 0. The van der Waals surface area contributed by atoms with Crippen LogP contribution in [0.15, 0.2) is 12.1 Å². The predicted octanol–water partition coefficient (Wildman–Crippen LogP) is 2.18. The van der Waals surface area contributed by atoms with Crippen molar-refractivity contribution in [1.82, 2.24) is 0 Å². The molecule has 0 aromatic heterocycles. The first kappa shape index (κ1) is 9.97. The van der Waals surface area contributed by atoms with Crippen LogP contribution in [-0.2, 0) is 6.42 Å². The van der Waals surface area contributed by atoms with E-state index < -0.39 is 0 Å². The molecule has 1 aliphatic carbocycles. The van der Waals surface area contributed by atoms with Gasteiger partial charge in [0.15, 0.2) is 11.5 Å². The number of aryl methyl sites for hydroxylation is 1. The largest absolute Gasteiger partial charge is 0.490 e. The van der Waals surface area contributed by atoms with Crippen molar-refractivity contribution in [2.75, 3.05) is 13.2 Å². The fraction of sp³-hybridized carbons (Fsp3) is 0.538. The lowest BCUT2D eigenvalue weighted by Crippen LogP contribution is -2.17. The van der Waals surface area contributed by atoms with Crippen LogP contribution in [0.5, 0.6) is 11.5 Å². The lowest BCUT2D eigenvalue weighted by Gasteiger charge is -2.23. The average Bonchev–Trinajstić information content (AvgIpc) is 2.52. The van der Waals surface area contributed by atoms with Crippen LogP contribution in [0.1, 0.15) is 36.4 Å². The van der Waals surface area contributed by atoms with E-state index in [0.29, 0.717) is 0 Å². The van der Waals surface area contributed by atoms with Gasteiger partial charge in [0.2, 0.25) is 0 Å². The highest BCUT2D eigenvalue weighted by Crippen LogP contribution is 2.38. The van der Waals surface area contributed by atoms with E-state index in [4.69, 9.17) is 15.2 Å². The zero-order valence-electron chi connectivity index (χ0n) is 9.37. The molecular formula is C13H17NO2. The van der Waals surface area contributed by atoms with E-state index in [1.807, 2.05) is 0 Å². The van der Waals surface area contributed by atoms with Crippen LogP contribution in [0.2, 0.25) is 0 Å². The molecule has 86 valence electrons. The molecule has 0 radical (unpaired) electrons. The molecule has 3 nitrogen and oxygen atoms in total. The van der Waals surface area contributed by atoms with Gasteiger partial charge in [-0.15, -0.1) is 0 Å². The van der Waals surface area contributed by atoms with Crippen molar-refractivity contribution in [3.63, 3.8) is 0 Å². The maximum Gasteiger partial charge on any atom is 0.161 e. The summed E-state index contributed by atoms with van der Waals surface area (Å²) >= 11 is 0. The molecule has 1 atom stereocenters. The van der Waals surface area contributed by atoms with Crippen molar-refractivity contribution in [2.45, 2.75) is 31.7 Å². The molecular weight excluding hydrogens is 202 g/mol. The Kier molecular flexibility index (Phi) is 2.48. The summed E-state index contributed by atoms with van der Waals surface area (Å²) in [5.41, 5.74) is 8.70. The summed E-state index contributed by atoms with van der Waals surface area (Å²) in [4.78, 5) is 0. The van der Waals surface area contributed by atoms with Gasteiger partial charge < -0.3 is 15.2 Å². The topological polar surface area (TPSA) is 44.5 Å². The molecule has 0 amide bonds. The fourth-order valence-electron chi connectivity index (χ4n) is 2.50. The lowest BCUT2D eigenvalue weighted by molar-refractivity contribution is 0.297. The van der Waals surface area contributed by atoms with E-state index in [0.717, 1.165) is 44.0 Å². The normalized spacial score (nSPS) is 23.4. The second-order valence-electron chi connectivity index (χ2n) is 4.55. The van der Waals surface area contributed by atoms with Gasteiger partial charge >= 0.3 is 0 Å². The quantitative estimate of drug-likeness (QED) is 0.727. The third-order valence-corrected chi connectivity index (χ3v) is 3.37. The van der Waals surface area contributed by atoms with E-state index in [9.17, 15) is 0 Å². The van der Waals surface area contributed by atoms with Crippen molar-refractivity contribution in [2.24, 2.45) is 5.73 Å². The Bertz CT molecular complexity index is 403. The highest BCUT2D eigenvalue weighted by atomic mass is 16.5. The summed E-state index contributed by atoms with van der Waals surface area (Å²) in [6.07, 6.45) is 4.31. The maximum absolute atomic E-state index is 6.12. The van der Waals surface area contributed by atoms with Gasteiger partial charge in [-0.05, 0) is 42.5 Å². The molecule has 2 N–H and O–H groups in total. The summed E-state index contributed by atoms with van der Waals surface area (Å²) < 4.78 is 11.4. The highest BCUT2D eigenvalue weighted by molar-refractivity contribution is 5.49. The predicted molar refractivity (Wildman–Crippen MR) is 61.9 cm³/mol. The summed E-state index contributed by atoms with van der Waals surface area (Å²) in [7, 11) is 0. The molecule has 2 aliphatic rings. The molecule has 1 aliphatic heterocycles. The van der Waals surface area contributed by atoms with Crippen molar-refractivity contribution < 1.29 is 9.47 Å². The van der Waals surface area contributed by atoms with E-state index in [-0.39, 0.29) is 6.04 Å². The second kappa shape index (κ2) is 3.98. The molecule has 0 fully saturated rings. The van der Waals surface area contributed by atoms with Gasteiger partial charge in [-0.2, -0.15) is 0 Å². The van der Waals surface area contributed by atoms with Crippen molar-refractivity contribution in [1.29, 1.82) is 0 Å². The zero-order valence-corrected chi connectivity index (χ0v) is 9.37. The number of benzene rings is 1. The number of rotatable bonds is 0. The lowest BCUT2D eigenvalue weighted by atomic mass is 9.88. The average molecular weight is 219 g/mol. The van der Waals surface area contributed by atoms with Crippen LogP contribution < -0.4 is 15.2 Å². The van der Waals surface area contributed by atoms with Crippen molar-refractivity contribution in [3.05, 3.63) is 23.3 Å². The van der Waals surface area contributed by atoms with Crippen LogP contribution in [-0.4, -0.2) is 13.2 Å². The molecule has 0 bridgehead atoms. The fourth-order valence-corrected chi connectivity index (χ4v) is 2.50. The van der Waals surface area contributed by atoms with E-state index >= 15 is 0 Å². The molecule has 0 spiro atoms. The molecule has 0 unspecified atom stereocenters. The number of hydrogen-bond acceptors (Lipinski definition) is 3. The zero-order chi connectivity index (χ0) is 11.0. The molecule has 3 heteroatoms. The second-order valence-corrected chi connectivity index (χ2v) is 4.55. The monoisotopic (exact) mass is 219 g/mol. The highest BCUT2D eigenvalue weighted by Gasteiger charge is 2.21. The number of fused-ring (bicyclic) bond motifs is 2. The molecule has 1 aromatic carbocycles. The van der Waals surface area contributed by atoms with Crippen molar-refractivity contribution >= 4 is 0 Å². The number of ether oxygens (including phenoxy) is 2. The van der Waals surface area contributed by atoms with Crippen LogP contribution in [0.4, 0.5) is 0 Å². The van der Waals surface area contributed by atoms with Gasteiger partial charge in [-0.1, -0.05) is 0 Å². The van der Waals surface area contributed by atoms with Crippen molar-refractivity contribution in [3.8, 4) is 11.5 Å². The van der Waals surface area contributed by atoms with Crippen LogP contribution >= 0.6 is 0 Å². The Morgan fingerprint density at radius 2 is 1.81 bits per heavy atom. The standard InChI is InChI=1S/C13H17NO2/c14-11-4-1-3-9-7-12-13(8-10(9)11)16-6-2-5-15-12/h7-8,11H,1-6,14H2/t11-/m1/s1. The van der Waals surface area contributed by atoms with Crippen LogP contribution in [0.25, 0.3) is 0 Å². The molecule has 0 saturated carbocycles. The molecule has 1 heterocycles. The van der Waals surface area contributed by atoms with E-state index in [1.54, 1.807) is 0 Å². The smallest absolute Gasteiger partial charge is 0.161 e. The first-order chi connectivity index (χ1) is 7.84. The molecule has 1 aromatic rings. The van der Waals surface area contributed by atoms with Crippen LogP contribution in [0, 0.1) is 0 Å². The Labute approximate surface area is 95.5 Å². The van der Waals surface area contributed by atoms with Gasteiger partial charge in [-0.3, -0.25) is 0 Å². The summed E-state index contributed by atoms with van der Waals surface area (Å²) in [5.74, 6) is 1.76. The van der Waals surface area contributed by atoms with Gasteiger partial charge in [0.1, 0.15) is 0 Å². The molecule has 16 heavy (non-hydrogen) atoms. The number of hydrogen-bond donors (Lipinski definition) is 1. The number of nitrogens with two attached hydrogens (primary N) is 1. The molecule has 0 saturated heterocycles. The SMILES string of the molecule is N[C@@H]1CCCc2cc3c(cc21)OCCCO3. The van der Waals surface area contributed by atoms with Gasteiger partial charge in [0.05, 0.1) is 13.2 Å². The summed E-state index contributed by atoms with van der Waals surface area (Å²) in [6, 6.07) is 4.37. The Hall–Kier alpha value is -1.22. The minimum atomic E-state index is 0.168. The van der Waals surface area contributed by atoms with E-state index in [2.05, 4.69) is 12.1 Å². The minimum Gasteiger partial charge on any atom is -0.490 e. The van der Waals surface area contributed by atoms with Crippen LogP contribution in [0.3, 0.4) is 0 Å². The van der Waals surface area contributed by atoms with E-state index in [1.165, 1.54) is 17.5 Å². The maximum atomic E-state index is 6.12. The van der Waals surface area contributed by atoms with Gasteiger partial charge in [0, 0.05) is 12.5 Å². The Balaban J connectivity index is 2.05. The molecule has 3 rings (SSSR count). The minimum absolute atomic E-state index is 0.168. The Morgan fingerprint density at radius 3 is 2.62 bits per heavy atom. The first-order valence-corrected chi connectivity index (χ1v) is 6.02. The van der Waals surface area contributed by atoms with Gasteiger partial charge in [0.25, 0.3) is 0 Å². The third-order valence-electron chi connectivity index (χ3n) is 3.37. The third kappa shape index (κ3) is 1.65. The Morgan fingerprint density at radius 1 is 1.06 bits per heavy atom. The first-order valence-electron chi connectivity index (χ1n) is 6.02. The van der Waals surface area contributed by atoms with Gasteiger partial charge in [-0.25, -0.2) is 0 Å². The summed E-state index contributed by atoms with van der Waals surface area (Å²) in [6.45, 7) is 1.48.